The first kappa shape index (κ1) is 20.1. The van der Waals surface area contributed by atoms with E-state index in [1.807, 2.05) is 0 Å². The van der Waals surface area contributed by atoms with E-state index in [2.05, 4.69) is 30.2 Å². The summed E-state index contributed by atoms with van der Waals surface area (Å²) < 4.78 is 34.9. The number of methoxy groups -OCH3 is 1. The average molecular weight is 451 g/mol. The van der Waals surface area contributed by atoms with E-state index in [0.29, 0.717) is 27.8 Å². The highest BCUT2D eigenvalue weighted by Crippen LogP contribution is 2.54. The summed E-state index contributed by atoms with van der Waals surface area (Å²) in [4.78, 5) is 18.4. The van der Waals surface area contributed by atoms with E-state index in [1.54, 1.807) is 25.6 Å². The molecule has 3 aromatic heterocycles. The van der Waals surface area contributed by atoms with Crippen LogP contribution in [0.3, 0.4) is 0 Å². The maximum absolute atomic E-state index is 15.3. The Labute approximate surface area is 188 Å². The van der Waals surface area contributed by atoms with Crippen LogP contribution in [0, 0.1) is 17.0 Å². The minimum absolute atomic E-state index is 0.0787. The van der Waals surface area contributed by atoms with Gasteiger partial charge in [-0.3, -0.25) is 0 Å². The summed E-state index contributed by atoms with van der Waals surface area (Å²) in [6.07, 6.45) is 6.95. The zero-order chi connectivity index (χ0) is 22.9. The second-order valence-corrected chi connectivity index (χ2v) is 8.89. The fraction of sp³-hybridized carbons (Fsp3) is 0.348. The van der Waals surface area contributed by atoms with Crippen molar-refractivity contribution in [1.82, 2.24) is 19.9 Å². The standard InChI is InChI=1S/C23H23F2N7O/c1-27-14-5-13(24)18(25)16-17-20(32-4-3-23(10-32)6-15(23)26)12(9-28-21(17)31-19(14)16)11-7-29-22(33-2)30-8-11/h5,7-9,15,27H,3-4,6,10,26H2,1-2H3,(H,28,31). The van der Waals surface area contributed by atoms with Crippen LogP contribution in [0.4, 0.5) is 20.2 Å². The van der Waals surface area contributed by atoms with Crippen molar-refractivity contribution in [2.24, 2.45) is 11.1 Å². The molecule has 2 aliphatic rings. The second kappa shape index (κ2) is 6.98. The van der Waals surface area contributed by atoms with Crippen LogP contribution in [0.5, 0.6) is 6.01 Å². The number of pyridine rings is 1. The molecule has 6 rings (SSSR count). The molecule has 0 amide bonds. The molecule has 4 heterocycles. The van der Waals surface area contributed by atoms with Crippen LogP contribution in [0.2, 0.25) is 0 Å². The number of ether oxygens (including phenoxy) is 1. The van der Waals surface area contributed by atoms with E-state index in [1.165, 1.54) is 7.11 Å². The fourth-order valence-corrected chi connectivity index (χ4v) is 5.17. The Kier molecular flexibility index (Phi) is 4.25. The van der Waals surface area contributed by atoms with E-state index < -0.39 is 11.6 Å². The van der Waals surface area contributed by atoms with Crippen LogP contribution in [-0.2, 0) is 0 Å². The molecular weight excluding hydrogens is 428 g/mol. The van der Waals surface area contributed by atoms with Crippen molar-refractivity contribution >= 4 is 33.3 Å². The molecule has 33 heavy (non-hydrogen) atoms. The lowest BCUT2D eigenvalue weighted by Gasteiger charge is -2.23. The summed E-state index contributed by atoms with van der Waals surface area (Å²) >= 11 is 0. The zero-order valence-electron chi connectivity index (χ0n) is 18.2. The van der Waals surface area contributed by atoms with Crippen LogP contribution < -0.4 is 20.7 Å². The maximum Gasteiger partial charge on any atom is 0.316 e. The predicted octanol–water partition coefficient (Wildman–Crippen LogP) is 3.43. The van der Waals surface area contributed by atoms with Gasteiger partial charge in [-0.25, -0.2) is 23.7 Å². The maximum atomic E-state index is 15.3. The van der Waals surface area contributed by atoms with E-state index in [4.69, 9.17) is 10.5 Å². The first-order valence-electron chi connectivity index (χ1n) is 10.8. The lowest BCUT2D eigenvalue weighted by Crippen LogP contribution is -2.23. The number of hydrogen-bond donors (Lipinski definition) is 3. The molecule has 2 unspecified atom stereocenters. The Hall–Kier alpha value is -3.53. The third-order valence-electron chi connectivity index (χ3n) is 7.11. The predicted molar refractivity (Wildman–Crippen MR) is 122 cm³/mol. The lowest BCUT2D eigenvalue weighted by atomic mass is 10.0. The van der Waals surface area contributed by atoms with Crippen LogP contribution in [0.15, 0.2) is 24.7 Å². The van der Waals surface area contributed by atoms with Gasteiger partial charge in [0.25, 0.3) is 0 Å². The second-order valence-electron chi connectivity index (χ2n) is 8.89. The van der Waals surface area contributed by atoms with Gasteiger partial charge in [0, 0.05) is 67.4 Å². The normalized spacial score (nSPS) is 22.0. The highest BCUT2D eigenvalue weighted by Gasteiger charge is 2.55. The van der Waals surface area contributed by atoms with Gasteiger partial charge < -0.3 is 25.7 Å². The van der Waals surface area contributed by atoms with Crippen molar-refractivity contribution in [3.63, 3.8) is 0 Å². The number of aromatic amines is 1. The summed E-state index contributed by atoms with van der Waals surface area (Å²) in [5, 5.41) is 3.66. The number of aromatic nitrogens is 4. The SMILES string of the molecule is CNc1cc(F)c(F)c2c1[nH]c1ncc(-c3cnc(OC)nc3)c(N3CCC4(CC4N)C3)c12. The molecule has 2 atom stereocenters. The minimum Gasteiger partial charge on any atom is -0.467 e. The molecule has 2 fully saturated rings. The molecule has 0 radical (unpaired) electrons. The number of nitrogens with one attached hydrogen (secondary N) is 2. The quantitative estimate of drug-likeness (QED) is 0.437. The molecule has 1 saturated heterocycles. The van der Waals surface area contributed by atoms with Crippen molar-refractivity contribution in [2.75, 3.05) is 37.5 Å². The monoisotopic (exact) mass is 451 g/mol. The Morgan fingerprint density at radius 3 is 2.61 bits per heavy atom. The molecule has 1 aliphatic heterocycles. The van der Waals surface area contributed by atoms with Crippen LogP contribution in [0.25, 0.3) is 33.1 Å². The minimum atomic E-state index is -0.918. The summed E-state index contributed by atoms with van der Waals surface area (Å²) in [5.74, 6) is -1.82. The summed E-state index contributed by atoms with van der Waals surface area (Å²) in [7, 11) is 3.17. The van der Waals surface area contributed by atoms with Gasteiger partial charge >= 0.3 is 6.01 Å². The molecule has 4 aromatic rings. The zero-order valence-corrected chi connectivity index (χ0v) is 18.2. The Bertz CT molecular complexity index is 1400. The van der Waals surface area contributed by atoms with Gasteiger partial charge in [0.1, 0.15) is 5.65 Å². The van der Waals surface area contributed by atoms with E-state index in [-0.39, 0.29) is 22.9 Å². The summed E-state index contributed by atoms with van der Waals surface area (Å²) in [6, 6.07) is 1.57. The number of rotatable bonds is 4. The molecule has 10 heteroatoms. The molecule has 0 bridgehead atoms. The van der Waals surface area contributed by atoms with Crippen molar-refractivity contribution in [3.05, 3.63) is 36.3 Å². The van der Waals surface area contributed by atoms with Crippen LogP contribution in [-0.4, -0.2) is 53.2 Å². The number of H-pyrrole nitrogens is 1. The van der Waals surface area contributed by atoms with Gasteiger partial charge in [-0.2, -0.15) is 0 Å². The number of nitrogens with two attached hydrogens (primary N) is 1. The first-order valence-corrected chi connectivity index (χ1v) is 10.8. The highest BCUT2D eigenvalue weighted by molar-refractivity contribution is 6.18. The lowest BCUT2D eigenvalue weighted by molar-refractivity contribution is 0.380. The molecule has 1 aliphatic carbocycles. The molecule has 4 N–H and O–H groups in total. The van der Waals surface area contributed by atoms with Crippen molar-refractivity contribution < 1.29 is 13.5 Å². The third-order valence-corrected chi connectivity index (χ3v) is 7.11. The number of benzene rings is 1. The number of halogens is 2. The number of fused-ring (bicyclic) bond motifs is 3. The first-order chi connectivity index (χ1) is 16.0. The number of hydrogen-bond acceptors (Lipinski definition) is 7. The molecule has 170 valence electrons. The van der Waals surface area contributed by atoms with Gasteiger partial charge in [-0.1, -0.05) is 0 Å². The van der Waals surface area contributed by atoms with Gasteiger partial charge in [-0.05, 0) is 12.8 Å². The average Bonchev–Trinajstić information content (AvgIpc) is 3.16. The molecule has 1 aromatic carbocycles. The Balaban J connectivity index is 1.66. The molecule has 1 spiro atoms. The molecular formula is C23H23F2N7O. The Morgan fingerprint density at radius 2 is 1.97 bits per heavy atom. The Morgan fingerprint density at radius 1 is 1.21 bits per heavy atom. The summed E-state index contributed by atoms with van der Waals surface area (Å²) in [5.41, 5.74) is 9.98. The number of anilines is 2. The van der Waals surface area contributed by atoms with E-state index >= 15 is 4.39 Å². The third kappa shape index (κ3) is 2.86. The van der Waals surface area contributed by atoms with E-state index in [9.17, 15) is 4.39 Å². The van der Waals surface area contributed by atoms with Gasteiger partial charge in [-0.15, -0.1) is 0 Å². The van der Waals surface area contributed by atoms with Gasteiger partial charge in [0.05, 0.1) is 34.8 Å². The van der Waals surface area contributed by atoms with Crippen molar-refractivity contribution in [1.29, 1.82) is 0 Å². The summed E-state index contributed by atoms with van der Waals surface area (Å²) in [6.45, 7) is 1.51. The van der Waals surface area contributed by atoms with Crippen LogP contribution >= 0.6 is 0 Å². The topological polar surface area (TPSA) is 105 Å². The van der Waals surface area contributed by atoms with E-state index in [0.717, 1.165) is 43.2 Å². The number of nitrogens with zero attached hydrogens (tertiary/aromatic N) is 4. The molecule has 1 saturated carbocycles. The smallest absolute Gasteiger partial charge is 0.316 e. The van der Waals surface area contributed by atoms with Gasteiger partial charge in [0.15, 0.2) is 11.6 Å². The molecule has 8 nitrogen and oxygen atoms in total. The van der Waals surface area contributed by atoms with Crippen LogP contribution in [0.1, 0.15) is 12.8 Å². The highest BCUT2D eigenvalue weighted by atomic mass is 19.2. The van der Waals surface area contributed by atoms with Crippen molar-refractivity contribution in [2.45, 2.75) is 18.9 Å². The van der Waals surface area contributed by atoms with Crippen molar-refractivity contribution in [3.8, 4) is 17.1 Å². The fourth-order valence-electron chi connectivity index (χ4n) is 5.17. The van der Waals surface area contributed by atoms with Gasteiger partial charge in [0.2, 0.25) is 0 Å². The largest absolute Gasteiger partial charge is 0.467 e.